The number of nitro benzene ring substituents is 1. The number of anilines is 1. The second kappa shape index (κ2) is 11.1. The Hall–Kier alpha value is -4.70. The third-order valence-corrected chi connectivity index (χ3v) is 6.96. The molecule has 5 rings (SSSR count). The van der Waals surface area contributed by atoms with Gasteiger partial charge in [0.1, 0.15) is 0 Å². The van der Waals surface area contributed by atoms with Gasteiger partial charge in [0.25, 0.3) is 5.69 Å². The van der Waals surface area contributed by atoms with Gasteiger partial charge in [-0.2, -0.15) is 0 Å². The number of hydrogen-bond donors (Lipinski definition) is 2. The molecule has 0 aliphatic carbocycles. The van der Waals surface area contributed by atoms with Crippen LogP contribution in [0.15, 0.2) is 102 Å². The number of urea groups is 1. The van der Waals surface area contributed by atoms with Crippen LogP contribution in [0.3, 0.4) is 0 Å². The number of carbonyl (C=O) groups excluding carboxylic acids is 1. The highest BCUT2D eigenvalue weighted by Crippen LogP contribution is 2.29. The maximum Gasteiger partial charge on any atom is 0.319 e. The quantitative estimate of drug-likeness (QED) is 0.136. The Morgan fingerprint density at radius 2 is 1.66 bits per heavy atom. The van der Waals surface area contributed by atoms with Gasteiger partial charge in [-0.25, -0.2) is 4.79 Å². The van der Waals surface area contributed by atoms with Gasteiger partial charge >= 0.3 is 6.03 Å². The fraction of sp³-hybridized carbons (Fsp3) is 0.107. The van der Waals surface area contributed by atoms with E-state index in [9.17, 15) is 14.9 Å². The van der Waals surface area contributed by atoms with Crippen molar-refractivity contribution in [3.05, 3.63) is 119 Å². The SMILES string of the molecule is CC(NC(=O)Nc1cccc2ccccc12)c1nnc(SCc2ccccc2)n1-c1ccc([N+](=O)[O-])cc1. The first-order valence-corrected chi connectivity index (χ1v) is 12.9. The molecule has 0 radical (unpaired) electrons. The van der Waals surface area contributed by atoms with Gasteiger partial charge in [-0.15, -0.1) is 10.2 Å². The van der Waals surface area contributed by atoms with E-state index in [4.69, 9.17) is 0 Å². The van der Waals surface area contributed by atoms with Gasteiger partial charge in [-0.1, -0.05) is 78.5 Å². The largest absolute Gasteiger partial charge is 0.328 e. The average Bonchev–Trinajstić information content (AvgIpc) is 3.37. The van der Waals surface area contributed by atoms with E-state index < -0.39 is 11.0 Å². The molecule has 190 valence electrons. The number of nitro groups is 1. The molecule has 1 heterocycles. The molecule has 2 amide bonds. The maximum atomic E-state index is 13.0. The molecule has 1 unspecified atom stereocenters. The summed E-state index contributed by atoms with van der Waals surface area (Å²) in [6, 6.07) is 28.8. The number of hydrogen-bond acceptors (Lipinski definition) is 6. The van der Waals surface area contributed by atoms with Gasteiger partial charge in [0.2, 0.25) is 0 Å². The fourth-order valence-corrected chi connectivity index (χ4v) is 5.01. The molecule has 4 aromatic carbocycles. The predicted octanol–water partition coefficient (Wildman–Crippen LogP) is 6.50. The summed E-state index contributed by atoms with van der Waals surface area (Å²) in [7, 11) is 0. The van der Waals surface area contributed by atoms with E-state index in [0.717, 1.165) is 16.3 Å². The van der Waals surface area contributed by atoms with E-state index in [-0.39, 0.29) is 11.7 Å². The van der Waals surface area contributed by atoms with Crippen molar-refractivity contribution in [3.63, 3.8) is 0 Å². The molecule has 10 heteroatoms. The number of nitrogens with zero attached hydrogens (tertiary/aromatic N) is 4. The van der Waals surface area contributed by atoms with Crippen LogP contribution >= 0.6 is 11.8 Å². The van der Waals surface area contributed by atoms with Crippen LogP contribution in [0.4, 0.5) is 16.2 Å². The van der Waals surface area contributed by atoms with Crippen molar-refractivity contribution < 1.29 is 9.72 Å². The zero-order valence-corrected chi connectivity index (χ0v) is 21.3. The molecular formula is C28H24N6O3S. The first-order chi connectivity index (χ1) is 18.5. The predicted molar refractivity (Wildman–Crippen MR) is 149 cm³/mol. The molecule has 0 spiro atoms. The van der Waals surface area contributed by atoms with Crippen molar-refractivity contribution in [3.8, 4) is 5.69 Å². The highest BCUT2D eigenvalue weighted by molar-refractivity contribution is 7.98. The lowest BCUT2D eigenvalue weighted by Gasteiger charge is -2.17. The summed E-state index contributed by atoms with van der Waals surface area (Å²) in [5, 5.41) is 28.4. The van der Waals surface area contributed by atoms with Gasteiger partial charge < -0.3 is 10.6 Å². The minimum absolute atomic E-state index is 0.0116. The van der Waals surface area contributed by atoms with Crippen molar-refractivity contribution >= 4 is 39.9 Å². The molecular weight excluding hydrogens is 500 g/mol. The molecule has 9 nitrogen and oxygen atoms in total. The Kier molecular flexibility index (Phi) is 7.32. The summed E-state index contributed by atoms with van der Waals surface area (Å²) in [6.45, 7) is 1.82. The number of rotatable bonds is 8. The third kappa shape index (κ3) is 5.50. The number of nitrogens with one attached hydrogen (secondary N) is 2. The van der Waals surface area contributed by atoms with E-state index in [1.54, 1.807) is 12.1 Å². The second-order valence-corrected chi connectivity index (χ2v) is 9.51. The van der Waals surface area contributed by atoms with Gasteiger partial charge in [0, 0.05) is 29.0 Å². The van der Waals surface area contributed by atoms with Crippen molar-refractivity contribution in [1.29, 1.82) is 0 Å². The number of amides is 2. The van der Waals surface area contributed by atoms with Crippen LogP contribution in [0.1, 0.15) is 24.4 Å². The number of thioether (sulfide) groups is 1. The van der Waals surface area contributed by atoms with Crippen molar-refractivity contribution in [1.82, 2.24) is 20.1 Å². The van der Waals surface area contributed by atoms with E-state index in [0.29, 0.717) is 28.1 Å². The number of non-ortho nitro benzene ring substituents is 1. The summed E-state index contributed by atoms with van der Waals surface area (Å²) in [5.41, 5.74) is 2.47. The molecule has 1 aromatic heterocycles. The Bertz CT molecular complexity index is 1580. The van der Waals surface area contributed by atoms with Crippen LogP contribution in [0, 0.1) is 10.1 Å². The fourth-order valence-electron chi connectivity index (χ4n) is 4.10. The first-order valence-electron chi connectivity index (χ1n) is 11.9. The van der Waals surface area contributed by atoms with E-state index in [1.165, 1.54) is 23.9 Å². The van der Waals surface area contributed by atoms with E-state index in [1.807, 2.05) is 84.3 Å². The van der Waals surface area contributed by atoms with Crippen LogP contribution < -0.4 is 10.6 Å². The Labute approximate surface area is 223 Å². The molecule has 2 N–H and O–H groups in total. The minimum Gasteiger partial charge on any atom is -0.328 e. The van der Waals surface area contributed by atoms with Crippen LogP contribution in [-0.2, 0) is 5.75 Å². The van der Waals surface area contributed by atoms with Gasteiger partial charge in [0.15, 0.2) is 11.0 Å². The summed E-state index contributed by atoms with van der Waals surface area (Å²) in [6.07, 6.45) is 0. The molecule has 1 atom stereocenters. The Morgan fingerprint density at radius 1 is 0.947 bits per heavy atom. The number of fused-ring (bicyclic) bond motifs is 1. The minimum atomic E-state index is -0.515. The van der Waals surface area contributed by atoms with Gasteiger partial charge in [-0.3, -0.25) is 14.7 Å². The van der Waals surface area contributed by atoms with Crippen molar-refractivity contribution in [2.24, 2.45) is 0 Å². The molecule has 38 heavy (non-hydrogen) atoms. The lowest BCUT2D eigenvalue weighted by Crippen LogP contribution is -2.32. The molecule has 0 saturated carbocycles. The zero-order valence-electron chi connectivity index (χ0n) is 20.4. The van der Waals surface area contributed by atoms with Crippen LogP contribution in [0.2, 0.25) is 0 Å². The van der Waals surface area contributed by atoms with Crippen LogP contribution in [0.25, 0.3) is 16.5 Å². The standard InChI is InChI=1S/C28H24N6O3S/c1-19(29-27(35)30-25-13-7-11-21-10-5-6-12-24(21)25)26-31-32-28(38-18-20-8-3-2-4-9-20)33(26)22-14-16-23(17-15-22)34(36)37/h2-17,19H,18H2,1H3,(H2,29,30,35). The average molecular weight is 525 g/mol. The lowest BCUT2D eigenvalue weighted by molar-refractivity contribution is -0.384. The number of carbonyl (C=O) groups is 1. The second-order valence-electron chi connectivity index (χ2n) is 8.57. The molecule has 0 saturated heterocycles. The molecule has 5 aromatic rings. The Balaban J connectivity index is 1.40. The molecule has 0 bridgehead atoms. The highest BCUT2D eigenvalue weighted by Gasteiger charge is 2.22. The number of aromatic nitrogens is 3. The smallest absolute Gasteiger partial charge is 0.319 e. The molecule has 0 aliphatic heterocycles. The van der Waals surface area contributed by atoms with E-state index >= 15 is 0 Å². The maximum absolute atomic E-state index is 13.0. The summed E-state index contributed by atoms with van der Waals surface area (Å²) in [4.78, 5) is 23.7. The zero-order chi connectivity index (χ0) is 26.5. The summed E-state index contributed by atoms with van der Waals surface area (Å²) in [5.74, 6) is 1.16. The summed E-state index contributed by atoms with van der Waals surface area (Å²) >= 11 is 1.49. The van der Waals surface area contributed by atoms with Crippen molar-refractivity contribution in [2.45, 2.75) is 23.9 Å². The summed E-state index contributed by atoms with van der Waals surface area (Å²) < 4.78 is 1.82. The third-order valence-electron chi connectivity index (χ3n) is 5.96. The van der Waals surface area contributed by atoms with Gasteiger partial charge in [-0.05, 0) is 36.1 Å². The highest BCUT2D eigenvalue weighted by atomic mass is 32.2. The normalized spacial score (nSPS) is 11.7. The number of benzene rings is 4. The Morgan fingerprint density at radius 3 is 2.42 bits per heavy atom. The molecule has 0 aliphatic rings. The van der Waals surface area contributed by atoms with E-state index in [2.05, 4.69) is 20.8 Å². The van der Waals surface area contributed by atoms with Crippen LogP contribution in [0.5, 0.6) is 0 Å². The monoisotopic (exact) mass is 524 g/mol. The topological polar surface area (TPSA) is 115 Å². The lowest BCUT2D eigenvalue weighted by atomic mass is 10.1. The first kappa shape index (κ1) is 25.0. The molecule has 0 fully saturated rings. The van der Waals surface area contributed by atoms with Crippen LogP contribution in [-0.4, -0.2) is 25.7 Å². The van der Waals surface area contributed by atoms with Crippen molar-refractivity contribution in [2.75, 3.05) is 5.32 Å². The van der Waals surface area contributed by atoms with Gasteiger partial charge in [0.05, 0.1) is 16.7 Å².